The van der Waals surface area contributed by atoms with Crippen LogP contribution in [0.5, 0.6) is 0 Å². The third kappa shape index (κ3) is 32.7. The van der Waals surface area contributed by atoms with Crippen LogP contribution in [-0.2, 0) is 14.3 Å². The minimum Gasteiger partial charge on any atom is -0.461 e. The molecule has 0 aliphatic carbocycles. The second-order valence-corrected chi connectivity index (χ2v) is 13.8. The SMILES string of the molecule is CC/C=C/C=C/C=C\C=C/C=C/CC(CC(=O)NC(CO)C(O)CCCCCCCCCCCCC)OC(=O)CCCCCCCCCCC. The predicted molar refractivity (Wildman–Crippen MR) is 213 cm³/mol. The number of carbonyl (C=O) groups excluding carboxylic acids is 2. The van der Waals surface area contributed by atoms with E-state index in [1.54, 1.807) is 0 Å². The quantitative estimate of drug-likeness (QED) is 0.0348. The number of ether oxygens (including phenoxy) is 1. The highest BCUT2D eigenvalue weighted by atomic mass is 16.5. The first-order chi connectivity index (χ1) is 24.5. The molecule has 0 heterocycles. The molecule has 0 aliphatic rings. The lowest BCUT2D eigenvalue weighted by Gasteiger charge is -2.24. The monoisotopic (exact) mass is 700 g/mol. The van der Waals surface area contributed by atoms with Gasteiger partial charge in [0.15, 0.2) is 0 Å². The molecule has 0 aliphatic heterocycles. The Kier molecular flexibility index (Phi) is 36.0. The first-order valence-electron chi connectivity index (χ1n) is 20.6. The molecule has 0 aromatic rings. The largest absolute Gasteiger partial charge is 0.461 e. The van der Waals surface area contributed by atoms with Crippen LogP contribution in [0, 0.1) is 0 Å². The Hall–Kier alpha value is -2.44. The van der Waals surface area contributed by atoms with Gasteiger partial charge in [-0.15, -0.1) is 0 Å². The molecule has 0 aromatic carbocycles. The second-order valence-electron chi connectivity index (χ2n) is 13.8. The van der Waals surface area contributed by atoms with E-state index in [0.29, 0.717) is 19.3 Å². The molecule has 0 spiro atoms. The van der Waals surface area contributed by atoms with Crippen LogP contribution in [0.25, 0.3) is 0 Å². The molecule has 0 saturated carbocycles. The number of rotatable bonds is 35. The van der Waals surface area contributed by atoms with Gasteiger partial charge in [-0.1, -0.05) is 204 Å². The van der Waals surface area contributed by atoms with Crippen molar-refractivity contribution < 1.29 is 24.5 Å². The number of aliphatic hydroxyl groups excluding tert-OH is 2. The van der Waals surface area contributed by atoms with Gasteiger partial charge in [0.2, 0.25) is 5.91 Å². The summed E-state index contributed by atoms with van der Waals surface area (Å²) < 4.78 is 5.78. The molecule has 6 heteroatoms. The Balaban J connectivity index is 4.77. The number of esters is 1. The third-order valence-electron chi connectivity index (χ3n) is 8.99. The van der Waals surface area contributed by atoms with Crippen LogP contribution < -0.4 is 5.32 Å². The van der Waals surface area contributed by atoms with E-state index in [-0.39, 0.29) is 24.9 Å². The van der Waals surface area contributed by atoms with Gasteiger partial charge in [0, 0.05) is 12.8 Å². The molecular formula is C44H77NO5. The zero-order valence-electron chi connectivity index (χ0n) is 32.5. The number of hydrogen-bond donors (Lipinski definition) is 3. The minimum absolute atomic E-state index is 0.0187. The number of amides is 1. The van der Waals surface area contributed by atoms with Crippen molar-refractivity contribution in [3.05, 3.63) is 60.8 Å². The van der Waals surface area contributed by atoms with Crippen molar-refractivity contribution in [2.45, 2.75) is 200 Å². The summed E-state index contributed by atoms with van der Waals surface area (Å²) >= 11 is 0. The van der Waals surface area contributed by atoms with E-state index in [2.05, 4.69) is 32.2 Å². The molecule has 6 nitrogen and oxygen atoms in total. The molecule has 3 N–H and O–H groups in total. The van der Waals surface area contributed by atoms with Crippen molar-refractivity contribution in [3.8, 4) is 0 Å². The van der Waals surface area contributed by atoms with E-state index >= 15 is 0 Å². The Labute approximate surface area is 308 Å². The Morgan fingerprint density at radius 3 is 1.52 bits per heavy atom. The van der Waals surface area contributed by atoms with Gasteiger partial charge in [-0.25, -0.2) is 0 Å². The van der Waals surface area contributed by atoms with E-state index in [1.807, 2.05) is 54.7 Å². The van der Waals surface area contributed by atoms with Gasteiger partial charge in [0.1, 0.15) is 6.10 Å². The first-order valence-corrected chi connectivity index (χ1v) is 20.6. The number of aliphatic hydroxyl groups is 2. The lowest BCUT2D eigenvalue weighted by molar-refractivity contribution is -0.150. The number of allylic oxidation sites excluding steroid dienone is 9. The van der Waals surface area contributed by atoms with Gasteiger partial charge in [-0.2, -0.15) is 0 Å². The average molecular weight is 700 g/mol. The van der Waals surface area contributed by atoms with E-state index in [9.17, 15) is 19.8 Å². The maximum atomic E-state index is 13.0. The van der Waals surface area contributed by atoms with Crippen LogP contribution in [-0.4, -0.2) is 46.9 Å². The smallest absolute Gasteiger partial charge is 0.306 e. The fourth-order valence-corrected chi connectivity index (χ4v) is 5.86. The summed E-state index contributed by atoms with van der Waals surface area (Å²) in [6.45, 7) is 6.24. The minimum atomic E-state index is -0.814. The number of unbranched alkanes of at least 4 members (excludes halogenated alkanes) is 18. The number of nitrogens with one attached hydrogen (secondary N) is 1. The zero-order chi connectivity index (χ0) is 36.8. The van der Waals surface area contributed by atoms with Crippen LogP contribution in [0.3, 0.4) is 0 Å². The van der Waals surface area contributed by atoms with E-state index in [0.717, 1.165) is 44.9 Å². The van der Waals surface area contributed by atoms with E-state index in [4.69, 9.17) is 4.74 Å². The Morgan fingerprint density at radius 1 is 0.600 bits per heavy atom. The molecule has 0 bridgehead atoms. The lowest BCUT2D eigenvalue weighted by Crippen LogP contribution is -2.46. The number of carbonyl (C=O) groups is 2. The highest BCUT2D eigenvalue weighted by Crippen LogP contribution is 2.15. The summed E-state index contributed by atoms with van der Waals surface area (Å²) in [5.74, 6) is -0.615. The topological polar surface area (TPSA) is 95.9 Å². The van der Waals surface area contributed by atoms with Gasteiger partial charge in [-0.05, 0) is 19.3 Å². The van der Waals surface area contributed by atoms with E-state index < -0.39 is 18.2 Å². The molecule has 3 unspecified atom stereocenters. The van der Waals surface area contributed by atoms with Crippen LogP contribution in [0.15, 0.2) is 60.8 Å². The van der Waals surface area contributed by atoms with Gasteiger partial charge in [-0.3, -0.25) is 9.59 Å². The summed E-state index contributed by atoms with van der Waals surface area (Å²) in [6.07, 6.45) is 44.5. The van der Waals surface area contributed by atoms with Crippen molar-refractivity contribution in [1.29, 1.82) is 0 Å². The highest BCUT2D eigenvalue weighted by Gasteiger charge is 2.23. The molecule has 1 amide bonds. The Morgan fingerprint density at radius 2 is 1.04 bits per heavy atom. The normalized spacial score (nSPS) is 14.1. The Bertz CT molecular complexity index is 921. The van der Waals surface area contributed by atoms with Gasteiger partial charge < -0.3 is 20.3 Å². The summed E-state index contributed by atoms with van der Waals surface area (Å²) in [4.78, 5) is 25.7. The van der Waals surface area contributed by atoms with Crippen LogP contribution >= 0.6 is 0 Å². The fourth-order valence-electron chi connectivity index (χ4n) is 5.86. The summed E-state index contributed by atoms with van der Waals surface area (Å²) in [6, 6.07) is -0.735. The van der Waals surface area contributed by atoms with Crippen molar-refractivity contribution in [2.24, 2.45) is 0 Å². The maximum Gasteiger partial charge on any atom is 0.306 e. The van der Waals surface area contributed by atoms with Gasteiger partial charge in [0.05, 0.1) is 25.2 Å². The maximum absolute atomic E-state index is 13.0. The van der Waals surface area contributed by atoms with Crippen molar-refractivity contribution in [1.82, 2.24) is 5.32 Å². The van der Waals surface area contributed by atoms with Gasteiger partial charge >= 0.3 is 5.97 Å². The van der Waals surface area contributed by atoms with Crippen molar-refractivity contribution >= 4 is 11.9 Å². The first kappa shape index (κ1) is 47.6. The molecule has 3 atom stereocenters. The van der Waals surface area contributed by atoms with Crippen LogP contribution in [0.2, 0.25) is 0 Å². The molecule has 0 saturated heterocycles. The zero-order valence-corrected chi connectivity index (χ0v) is 32.5. The second kappa shape index (κ2) is 37.8. The predicted octanol–water partition coefficient (Wildman–Crippen LogP) is 11.3. The van der Waals surface area contributed by atoms with Crippen molar-refractivity contribution in [3.63, 3.8) is 0 Å². The average Bonchev–Trinajstić information content (AvgIpc) is 3.10. The number of hydrogen-bond acceptors (Lipinski definition) is 5. The summed E-state index contributed by atoms with van der Waals surface area (Å²) in [5.41, 5.74) is 0. The highest BCUT2D eigenvalue weighted by molar-refractivity contribution is 5.77. The van der Waals surface area contributed by atoms with Crippen LogP contribution in [0.1, 0.15) is 181 Å². The molecular weight excluding hydrogens is 622 g/mol. The lowest BCUT2D eigenvalue weighted by atomic mass is 10.0. The molecule has 0 aromatic heterocycles. The standard InChI is InChI=1S/C44H77NO5/c1-4-7-10-13-16-19-21-24-26-29-32-35-40(50-44(49)37-34-31-28-23-18-15-12-9-6-3)38-43(48)45-41(39-46)42(47)36-33-30-27-25-22-20-17-14-11-8-5-2/h7,10,13,16,19,21,24,26,29,32,40-42,46-47H,4-6,8-9,11-12,14-15,17-18,20,22-23,25,27-28,30-31,33-39H2,1-3H3,(H,45,48)/b10-7+,16-13+,21-19-,26-24-,32-29+. The third-order valence-corrected chi connectivity index (χ3v) is 8.99. The molecule has 0 rings (SSSR count). The van der Waals surface area contributed by atoms with E-state index in [1.165, 1.54) is 89.9 Å². The van der Waals surface area contributed by atoms with Crippen LogP contribution in [0.4, 0.5) is 0 Å². The summed E-state index contributed by atoms with van der Waals surface area (Å²) in [7, 11) is 0. The fraction of sp³-hybridized carbons (Fsp3) is 0.727. The molecule has 288 valence electrons. The molecule has 0 fully saturated rings. The molecule has 50 heavy (non-hydrogen) atoms. The summed E-state index contributed by atoms with van der Waals surface area (Å²) in [5, 5.41) is 23.5. The van der Waals surface area contributed by atoms with Gasteiger partial charge in [0.25, 0.3) is 0 Å². The van der Waals surface area contributed by atoms with Crippen molar-refractivity contribution in [2.75, 3.05) is 6.61 Å². The molecule has 0 radical (unpaired) electrons.